The molecule has 0 unspecified atom stereocenters. The lowest BCUT2D eigenvalue weighted by Gasteiger charge is -2.38. The minimum Gasteiger partial charge on any atom is -0.394 e. The first-order valence-electron chi connectivity index (χ1n) is 10.7. The van der Waals surface area contributed by atoms with Crippen LogP contribution in [0.15, 0.2) is 59.8 Å². The monoisotopic (exact) mass is 420 g/mol. The third-order valence-corrected chi connectivity index (χ3v) is 6.26. The molecule has 2 N–H and O–H groups in total. The van der Waals surface area contributed by atoms with E-state index in [0.29, 0.717) is 17.7 Å². The summed E-state index contributed by atoms with van der Waals surface area (Å²) in [4.78, 5) is 19.3. The quantitative estimate of drug-likeness (QED) is 0.708. The van der Waals surface area contributed by atoms with Crippen LogP contribution in [0.3, 0.4) is 0 Å². The van der Waals surface area contributed by atoms with E-state index >= 15 is 0 Å². The number of benzene rings is 1. The largest absolute Gasteiger partial charge is 0.394 e. The molecule has 0 saturated carbocycles. The van der Waals surface area contributed by atoms with Crippen LogP contribution in [-0.4, -0.2) is 44.7 Å². The molecule has 2 aliphatic heterocycles. The molecule has 2 aliphatic rings. The van der Waals surface area contributed by atoms with Crippen LogP contribution < -0.4 is 0 Å². The molecule has 3 heterocycles. The van der Waals surface area contributed by atoms with E-state index in [4.69, 9.17) is 9.72 Å². The van der Waals surface area contributed by atoms with Gasteiger partial charge in [0.1, 0.15) is 5.60 Å². The standard InChI is InChI=1S/C25H28N2O4/c1-5-18-15(3)27-22(14-20(18)25(30,6-2)16(4)29)23-19(24(27)31-12-11-28)13-17-9-7-8-10-21(17)26-23/h7-10,13-14,24,28,30H,3,5-6,11-12H2,1-2,4H3/t24-,25-/m1/s1. The van der Waals surface area contributed by atoms with E-state index in [-0.39, 0.29) is 25.4 Å². The van der Waals surface area contributed by atoms with Crippen molar-refractivity contribution < 1.29 is 19.7 Å². The van der Waals surface area contributed by atoms with Crippen molar-refractivity contribution in [1.29, 1.82) is 0 Å². The van der Waals surface area contributed by atoms with Crippen molar-refractivity contribution in [2.75, 3.05) is 13.2 Å². The number of pyridine rings is 1. The number of aliphatic hydroxyl groups is 2. The average Bonchev–Trinajstić information content (AvgIpc) is 3.08. The normalized spacial score (nSPS) is 19.9. The topological polar surface area (TPSA) is 82.9 Å². The van der Waals surface area contributed by atoms with Crippen LogP contribution in [0.4, 0.5) is 0 Å². The number of nitrogens with zero attached hydrogens (tertiary/aromatic N) is 2. The van der Waals surface area contributed by atoms with E-state index in [1.54, 1.807) is 6.92 Å². The number of hydrogen-bond donors (Lipinski definition) is 2. The lowest BCUT2D eigenvalue weighted by Crippen LogP contribution is -2.41. The van der Waals surface area contributed by atoms with Crippen molar-refractivity contribution in [1.82, 2.24) is 9.88 Å². The number of aliphatic hydroxyl groups excluding tert-OH is 1. The SMILES string of the molecule is C=C1C(CC)=C([C@@](O)(CC)C(C)=O)C=C2c3nc4ccccc4cc3[C@@H](OCCO)N12. The summed E-state index contributed by atoms with van der Waals surface area (Å²) < 4.78 is 6.04. The number of hydrogen-bond acceptors (Lipinski definition) is 6. The highest BCUT2D eigenvalue weighted by Crippen LogP contribution is 2.50. The van der Waals surface area contributed by atoms with Crippen molar-refractivity contribution in [3.8, 4) is 0 Å². The Kier molecular flexibility index (Phi) is 5.56. The number of ketones is 1. The summed E-state index contributed by atoms with van der Waals surface area (Å²) in [5.41, 5.74) is 3.68. The number of fused-ring (bicyclic) bond motifs is 4. The zero-order chi connectivity index (χ0) is 22.3. The van der Waals surface area contributed by atoms with E-state index in [1.807, 2.05) is 42.2 Å². The predicted molar refractivity (Wildman–Crippen MR) is 120 cm³/mol. The highest BCUT2D eigenvalue weighted by atomic mass is 16.5. The third kappa shape index (κ3) is 3.22. The average molecular weight is 421 g/mol. The highest BCUT2D eigenvalue weighted by molar-refractivity contribution is 5.92. The second-order valence-corrected chi connectivity index (χ2v) is 7.93. The molecule has 0 amide bonds. The second kappa shape index (κ2) is 8.04. The van der Waals surface area contributed by atoms with Crippen LogP contribution in [0.2, 0.25) is 0 Å². The number of carbonyl (C=O) groups excluding carboxylic acids is 1. The molecule has 0 saturated heterocycles. The van der Waals surface area contributed by atoms with Crippen molar-refractivity contribution in [2.45, 2.75) is 45.4 Å². The Bertz CT molecular complexity index is 1130. The lowest BCUT2D eigenvalue weighted by atomic mass is 9.80. The van der Waals surface area contributed by atoms with Gasteiger partial charge < -0.3 is 19.8 Å². The van der Waals surface area contributed by atoms with Crippen LogP contribution in [-0.2, 0) is 9.53 Å². The summed E-state index contributed by atoms with van der Waals surface area (Å²) in [6, 6.07) is 9.90. The van der Waals surface area contributed by atoms with Crippen LogP contribution in [0.1, 0.15) is 51.1 Å². The van der Waals surface area contributed by atoms with Crippen molar-refractivity contribution in [3.05, 3.63) is 71.1 Å². The van der Waals surface area contributed by atoms with Crippen LogP contribution in [0.5, 0.6) is 0 Å². The molecule has 31 heavy (non-hydrogen) atoms. The van der Waals surface area contributed by atoms with Gasteiger partial charge in [0.2, 0.25) is 0 Å². The summed E-state index contributed by atoms with van der Waals surface area (Å²) in [6.07, 6.45) is 2.23. The zero-order valence-corrected chi connectivity index (χ0v) is 18.2. The molecule has 0 bridgehead atoms. The molecule has 6 heteroatoms. The van der Waals surface area contributed by atoms with E-state index < -0.39 is 11.8 Å². The maximum atomic E-state index is 12.5. The molecule has 0 radical (unpaired) electrons. The van der Waals surface area contributed by atoms with Gasteiger partial charge in [-0.3, -0.25) is 4.79 Å². The molecule has 0 fully saturated rings. The Morgan fingerprint density at radius 1 is 1.32 bits per heavy atom. The Morgan fingerprint density at radius 2 is 2.06 bits per heavy atom. The first-order valence-corrected chi connectivity index (χ1v) is 10.7. The van der Waals surface area contributed by atoms with E-state index in [2.05, 4.69) is 12.6 Å². The Labute approximate surface area is 182 Å². The Balaban J connectivity index is 1.97. The fourth-order valence-electron chi connectivity index (χ4n) is 4.58. The van der Waals surface area contributed by atoms with Gasteiger partial charge in [-0.25, -0.2) is 4.98 Å². The zero-order valence-electron chi connectivity index (χ0n) is 18.2. The fourth-order valence-corrected chi connectivity index (χ4v) is 4.58. The third-order valence-electron chi connectivity index (χ3n) is 6.26. The van der Waals surface area contributed by atoms with Gasteiger partial charge in [-0.15, -0.1) is 0 Å². The molecule has 4 rings (SSSR count). The minimum absolute atomic E-state index is 0.103. The Morgan fingerprint density at radius 3 is 2.71 bits per heavy atom. The number of carbonyl (C=O) groups is 1. The Hall–Kier alpha value is -2.80. The van der Waals surface area contributed by atoms with Gasteiger partial charge >= 0.3 is 0 Å². The summed E-state index contributed by atoms with van der Waals surface area (Å²) in [5.74, 6) is -0.299. The van der Waals surface area contributed by atoms with Crippen molar-refractivity contribution in [3.63, 3.8) is 0 Å². The molecule has 1 aromatic heterocycles. The maximum Gasteiger partial charge on any atom is 0.165 e. The van der Waals surface area contributed by atoms with Gasteiger partial charge in [0, 0.05) is 16.6 Å². The molecule has 1 aromatic carbocycles. The summed E-state index contributed by atoms with van der Waals surface area (Å²) in [7, 11) is 0. The smallest absolute Gasteiger partial charge is 0.165 e. The predicted octanol–water partition coefficient (Wildman–Crippen LogP) is 3.86. The van der Waals surface area contributed by atoms with Crippen molar-refractivity contribution >= 4 is 22.4 Å². The minimum atomic E-state index is -1.59. The number of ether oxygens (including phenoxy) is 1. The summed E-state index contributed by atoms with van der Waals surface area (Å²) >= 11 is 0. The molecular weight excluding hydrogens is 392 g/mol. The molecule has 2 atom stereocenters. The van der Waals surface area contributed by atoms with E-state index in [1.165, 1.54) is 6.92 Å². The molecular formula is C25H28N2O4. The molecule has 6 nitrogen and oxygen atoms in total. The van der Waals surface area contributed by atoms with E-state index in [0.717, 1.165) is 33.4 Å². The lowest BCUT2D eigenvalue weighted by molar-refractivity contribution is -0.131. The van der Waals surface area contributed by atoms with Gasteiger partial charge in [0.05, 0.1) is 30.1 Å². The maximum absolute atomic E-state index is 12.5. The number of para-hydroxylation sites is 1. The van der Waals surface area contributed by atoms with Crippen LogP contribution >= 0.6 is 0 Å². The van der Waals surface area contributed by atoms with Gasteiger partial charge in [-0.1, -0.05) is 38.6 Å². The van der Waals surface area contributed by atoms with Crippen LogP contribution in [0.25, 0.3) is 16.6 Å². The highest BCUT2D eigenvalue weighted by Gasteiger charge is 2.45. The van der Waals surface area contributed by atoms with Crippen molar-refractivity contribution in [2.24, 2.45) is 0 Å². The van der Waals surface area contributed by atoms with Gasteiger partial charge in [-0.05, 0) is 49.1 Å². The first-order chi connectivity index (χ1) is 14.9. The first kappa shape index (κ1) is 21.4. The second-order valence-electron chi connectivity index (χ2n) is 7.93. The van der Waals surface area contributed by atoms with E-state index in [9.17, 15) is 15.0 Å². The van der Waals surface area contributed by atoms with Gasteiger partial charge in [-0.2, -0.15) is 0 Å². The van der Waals surface area contributed by atoms with Gasteiger partial charge in [0.15, 0.2) is 12.0 Å². The number of aromatic nitrogens is 1. The number of rotatable bonds is 7. The summed E-state index contributed by atoms with van der Waals surface area (Å²) in [5, 5.41) is 21.7. The number of allylic oxidation sites excluding steroid dienone is 1. The molecule has 2 aromatic rings. The van der Waals surface area contributed by atoms with Crippen LogP contribution in [0, 0.1) is 0 Å². The molecule has 0 aliphatic carbocycles. The molecule has 162 valence electrons. The molecule has 0 spiro atoms. The summed E-state index contributed by atoms with van der Waals surface area (Å²) in [6.45, 7) is 9.57. The fraction of sp³-hybridized carbons (Fsp3) is 0.360. The van der Waals surface area contributed by atoms with Gasteiger partial charge in [0.25, 0.3) is 0 Å². The number of Topliss-reactive ketones (excluding diaryl/α,β-unsaturated/α-hetero) is 1.